The average Bonchev–Trinajstić information content (AvgIpc) is 2.83. The van der Waals surface area contributed by atoms with Gasteiger partial charge in [0.05, 0.1) is 6.04 Å². The summed E-state index contributed by atoms with van der Waals surface area (Å²) in [7, 11) is 0. The first kappa shape index (κ1) is 22.7. The maximum Gasteiger partial charge on any atom is 0.410 e. The van der Waals surface area contributed by atoms with Crippen LogP contribution >= 0.6 is 11.6 Å². The van der Waals surface area contributed by atoms with Crippen molar-refractivity contribution >= 4 is 23.7 Å². The topological polar surface area (TPSA) is 76.1 Å². The quantitative estimate of drug-likeness (QED) is 0.522. The monoisotopic (exact) mass is 465 g/mol. The molecule has 2 unspecified atom stereocenters. The molecule has 170 valence electrons. The van der Waals surface area contributed by atoms with E-state index in [1.807, 2.05) is 54.6 Å². The van der Waals surface area contributed by atoms with E-state index in [0.717, 1.165) is 16.7 Å². The molecule has 0 fully saturated rings. The van der Waals surface area contributed by atoms with Crippen molar-refractivity contribution in [1.82, 2.24) is 4.90 Å². The minimum Gasteiger partial charge on any atom is -0.479 e. The molecule has 3 aromatic carbocycles. The lowest BCUT2D eigenvalue weighted by Gasteiger charge is -2.37. The van der Waals surface area contributed by atoms with Gasteiger partial charge in [0, 0.05) is 17.1 Å². The third kappa shape index (κ3) is 5.12. The average molecular weight is 466 g/mol. The van der Waals surface area contributed by atoms with Crippen molar-refractivity contribution in [2.24, 2.45) is 0 Å². The Balaban J connectivity index is 1.71. The number of carbonyl (C=O) groups is 2. The van der Waals surface area contributed by atoms with E-state index in [-0.39, 0.29) is 6.61 Å². The Morgan fingerprint density at radius 3 is 2.55 bits per heavy atom. The molecule has 0 radical (unpaired) electrons. The van der Waals surface area contributed by atoms with Crippen molar-refractivity contribution in [2.45, 2.75) is 32.1 Å². The molecule has 1 heterocycles. The van der Waals surface area contributed by atoms with Crippen molar-refractivity contribution in [1.29, 1.82) is 0 Å². The van der Waals surface area contributed by atoms with Gasteiger partial charge in [0.2, 0.25) is 0 Å². The fourth-order valence-corrected chi connectivity index (χ4v) is 4.16. The molecule has 1 N–H and O–H groups in total. The molecule has 0 aliphatic carbocycles. The van der Waals surface area contributed by atoms with Crippen LogP contribution in [-0.4, -0.2) is 34.7 Å². The van der Waals surface area contributed by atoms with Gasteiger partial charge in [-0.05, 0) is 48.2 Å². The van der Waals surface area contributed by atoms with E-state index in [4.69, 9.17) is 21.1 Å². The van der Waals surface area contributed by atoms with Crippen LogP contribution in [0, 0.1) is 0 Å². The number of hydrogen-bond acceptors (Lipinski definition) is 4. The Hall–Kier alpha value is -3.51. The number of nitrogens with zero attached hydrogens (tertiary/aromatic N) is 1. The van der Waals surface area contributed by atoms with Crippen LogP contribution < -0.4 is 4.74 Å². The van der Waals surface area contributed by atoms with Gasteiger partial charge in [-0.1, -0.05) is 66.2 Å². The molecule has 1 amide bonds. The van der Waals surface area contributed by atoms with Crippen LogP contribution in [0.1, 0.15) is 35.2 Å². The maximum absolute atomic E-state index is 13.2. The Labute approximate surface area is 197 Å². The summed E-state index contributed by atoms with van der Waals surface area (Å²) in [5, 5.41) is 9.80. The number of benzene rings is 3. The number of carboxylic acid groups (broad SMARTS) is 1. The van der Waals surface area contributed by atoms with Crippen molar-refractivity contribution in [3.05, 3.63) is 100 Å². The van der Waals surface area contributed by atoms with E-state index in [0.29, 0.717) is 29.3 Å². The molecule has 7 heteroatoms. The Morgan fingerprint density at radius 1 is 1.06 bits per heavy atom. The number of carboxylic acids is 1. The second-order valence-corrected chi connectivity index (χ2v) is 8.30. The van der Waals surface area contributed by atoms with Crippen LogP contribution in [0.4, 0.5) is 4.79 Å². The van der Waals surface area contributed by atoms with Crippen molar-refractivity contribution < 1.29 is 24.2 Å². The number of ether oxygens (including phenoxy) is 2. The first-order valence-electron chi connectivity index (χ1n) is 10.7. The minimum absolute atomic E-state index is 0.152. The van der Waals surface area contributed by atoms with Gasteiger partial charge in [-0.15, -0.1) is 0 Å². The zero-order valence-corrected chi connectivity index (χ0v) is 18.9. The van der Waals surface area contributed by atoms with Crippen molar-refractivity contribution in [3.63, 3.8) is 0 Å². The van der Waals surface area contributed by atoms with E-state index in [1.54, 1.807) is 23.1 Å². The third-order valence-corrected chi connectivity index (χ3v) is 5.88. The van der Waals surface area contributed by atoms with Gasteiger partial charge in [0.15, 0.2) is 6.10 Å². The first-order chi connectivity index (χ1) is 15.9. The number of halogens is 1. The molecule has 1 aliphatic heterocycles. The van der Waals surface area contributed by atoms with Crippen LogP contribution in [0.15, 0.2) is 72.8 Å². The maximum atomic E-state index is 13.2. The van der Waals surface area contributed by atoms with Crippen LogP contribution in [0.2, 0.25) is 5.02 Å². The third-order valence-electron chi connectivity index (χ3n) is 5.64. The Kier molecular flexibility index (Phi) is 6.84. The summed E-state index contributed by atoms with van der Waals surface area (Å²) >= 11 is 6.32. The molecule has 0 saturated heterocycles. The fraction of sp³-hybridized carbons (Fsp3) is 0.231. The predicted molar refractivity (Wildman–Crippen MR) is 124 cm³/mol. The molecule has 0 bridgehead atoms. The van der Waals surface area contributed by atoms with Gasteiger partial charge in [-0.25, -0.2) is 9.59 Å². The second kappa shape index (κ2) is 9.96. The van der Waals surface area contributed by atoms with Crippen molar-refractivity contribution in [2.75, 3.05) is 6.54 Å². The number of fused-ring (bicyclic) bond motifs is 1. The summed E-state index contributed by atoms with van der Waals surface area (Å²) in [4.78, 5) is 26.3. The Morgan fingerprint density at radius 2 is 1.79 bits per heavy atom. The summed E-state index contributed by atoms with van der Waals surface area (Å²) in [6.07, 6.45) is -0.854. The van der Waals surface area contributed by atoms with Crippen LogP contribution in [0.5, 0.6) is 5.75 Å². The van der Waals surface area contributed by atoms with E-state index in [2.05, 4.69) is 0 Å². The highest BCUT2D eigenvalue weighted by Gasteiger charge is 2.35. The van der Waals surface area contributed by atoms with Crippen LogP contribution in [-0.2, 0) is 22.6 Å². The van der Waals surface area contributed by atoms with E-state index in [9.17, 15) is 14.7 Å². The summed E-state index contributed by atoms with van der Waals surface area (Å²) in [6, 6.07) is 21.8. The lowest BCUT2D eigenvalue weighted by atomic mass is 9.88. The zero-order chi connectivity index (χ0) is 23.4. The van der Waals surface area contributed by atoms with E-state index < -0.39 is 24.2 Å². The van der Waals surface area contributed by atoms with Gasteiger partial charge in [0.25, 0.3) is 0 Å². The molecule has 0 spiro atoms. The number of rotatable bonds is 6. The SMILES string of the molecule is CC(Oc1ccc(Cl)cc1C1c2ccccc2CCN1C(=O)OCc1ccccc1)C(=O)O. The number of amides is 1. The standard InChI is InChI=1S/C26H24ClNO5/c1-17(25(29)30)33-23-12-11-20(27)15-22(23)24-21-10-6-5-9-19(21)13-14-28(24)26(31)32-16-18-7-3-2-4-8-18/h2-12,15,17,24H,13-14,16H2,1H3,(H,29,30). The Bertz CT molecular complexity index is 1150. The smallest absolute Gasteiger partial charge is 0.410 e. The molecule has 1 aliphatic rings. The number of carbonyl (C=O) groups excluding carboxylic acids is 1. The van der Waals surface area contributed by atoms with Crippen molar-refractivity contribution in [3.8, 4) is 5.75 Å². The van der Waals surface area contributed by atoms with Gasteiger partial charge >= 0.3 is 12.1 Å². The van der Waals surface area contributed by atoms with Crippen LogP contribution in [0.25, 0.3) is 0 Å². The van der Waals surface area contributed by atoms with Gasteiger partial charge < -0.3 is 14.6 Å². The molecule has 0 saturated carbocycles. The summed E-state index contributed by atoms with van der Waals surface area (Å²) in [5.74, 6) is -0.726. The van der Waals surface area contributed by atoms with Crippen LogP contribution in [0.3, 0.4) is 0 Å². The molecule has 2 atom stereocenters. The summed E-state index contributed by atoms with van der Waals surface area (Å²) in [5.41, 5.74) is 3.53. The summed E-state index contributed by atoms with van der Waals surface area (Å²) < 4.78 is 11.4. The number of hydrogen-bond donors (Lipinski definition) is 1. The molecule has 33 heavy (non-hydrogen) atoms. The first-order valence-corrected chi connectivity index (χ1v) is 11.1. The van der Waals surface area contributed by atoms with E-state index >= 15 is 0 Å². The molecule has 6 nitrogen and oxygen atoms in total. The van der Waals surface area contributed by atoms with Gasteiger partial charge in [-0.3, -0.25) is 4.90 Å². The lowest BCUT2D eigenvalue weighted by molar-refractivity contribution is -0.144. The highest BCUT2D eigenvalue weighted by atomic mass is 35.5. The molecular formula is C26H24ClNO5. The molecule has 4 rings (SSSR count). The highest BCUT2D eigenvalue weighted by Crippen LogP contribution is 2.41. The molecule has 0 aromatic heterocycles. The summed E-state index contributed by atoms with van der Waals surface area (Å²) in [6.45, 7) is 2.05. The minimum atomic E-state index is -1.08. The van der Waals surface area contributed by atoms with E-state index in [1.165, 1.54) is 6.92 Å². The highest BCUT2D eigenvalue weighted by molar-refractivity contribution is 6.30. The normalized spacial score (nSPS) is 15.9. The second-order valence-electron chi connectivity index (χ2n) is 7.87. The molecule has 3 aromatic rings. The number of aliphatic carboxylic acids is 1. The van der Waals surface area contributed by atoms with Gasteiger partial charge in [-0.2, -0.15) is 0 Å². The predicted octanol–water partition coefficient (Wildman–Crippen LogP) is 5.48. The fourth-order valence-electron chi connectivity index (χ4n) is 3.98. The zero-order valence-electron chi connectivity index (χ0n) is 18.1. The van der Waals surface area contributed by atoms with Gasteiger partial charge in [0.1, 0.15) is 12.4 Å². The molecular weight excluding hydrogens is 442 g/mol. The largest absolute Gasteiger partial charge is 0.479 e. The lowest BCUT2D eigenvalue weighted by Crippen LogP contribution is -2.41.